The molecule has 3 heterocycles. The number of carbonyl (C=O) groups excluding carboxylic acids is 1. The van der Waals surface area contributed by atoms with Crippen LogP contribution in [0.2, 0.25) is 0 Å². The van der Waals surface area contributed by atoms with E-state index < -0.39 is 0 Å². The molecule has 1 aromatic heterocycles. The number of fused-ring (bicyclic) bond motifs is 2. The highest BCUT2D eigenvalue weighted by Gasteiger charge is 2.27. The van der Waals surface area contributed by atoms with Crippen LogP contribution in [0.4, 0.5) is 0 Å². The van der Waals surface area contributed by atoms with Crippen molar-refractivity contribution in [2.75, 3.05) is 25.5 Å². The summed E-state index contributed by atoms with van der Waals surface area (Å²) in [6, 6.07) is 14.1. The molecule has 0 spiro atoms. The number of hydrogen-bond donors (Lipinski definition) is 1. The van der Waals surface area contributed by atoms with E-state index in [1.165, 1.54) is 63.5 Å². The van der Waals surface area contributed by atoms with E-state index in [2.05, 4.69) is 17.9 Å². The molecule has 1 unspecified atom stereocenters. The summed E-state index contributed by atoms with van der Waals surface area (Å²) in [5.41, 5.74) is 4.81. The van der Waals surface area contributed by atoms with Crippen LogP contribution in [0.1, 0.15) is 92.6 Å². The lowest BCUT2D eigenvalue weighted by atomic mass is 9.88. The lowest BCUT2D eigenvalue weighted by molar-refractivity contribution is 0.103. The van der Waals surface area contributed by atoms with Gasteiger partial charge in [-0.05, 0) is 68.1 Å². The number of benzene rings is 2. The zero-order chi connectivity index (χ0) is 25.6. The second-order valence-electron chi connectivity index (χ2n) is 10.7. The maximum absolute atomic E-state index is 13.5. The van der Waals surface area contributed by atoms with Crippen molar-refractivity contribution in [3.05, 3.63) is 71.4 Å². The first-order valence-electron chi connectivity index (χ1n) is 14.2. The average molecular weight is 500 g/mol. The van der Waals surface area contributed by atoms with E-state index in [1.807, 2.05) is 48.7 Å². The number of aromatic nitrogens is 1. The first kappa shape index (κ1) is 25.6. The smallest absolute Gasteiger partial charge is 0.193 e. The van der Waals surface area contributed by atoms with Gasteiger partial charge in [0, 0.05) is 40.9 Å². The molecule has 1 fully saturated rings. The number of ether oxygens (including phenoxy) is 1. The molecule has 2 aliphatic heterocycles. The molecule has 2 N–H and O–H groups in total. The maximum atomic E-state index is 13.5. The van der Waals surface area contributed by atoms with Gasteiger partial charge in [0.05, 0.1) is 12.1 Å². The van der Waals surface area contributed by atoms with Crippen LogP contribution >= 0.6 is 0 Å². The Morgan fingerprint density at radius 1 is 1.03 bits per heavy atom. The summed E-state index contributed by atoms with van der Waals surface area (Å²) >= 11 is 0. The largest absolute Gasteiger partial charge is 0.494 e. The van der Waals surface area contributed by atoms with Crippen LogP contribution < -0.4 is 10.6 Å². The second kappa shape index (κ2) is 12.0. The molecule has 5 rings (SSSR count). The number of nitrogens with zero attached hydrogens (tertiary/aromatic N) is 2. The Balaban J connectivity index is 1.30. The highest BCUT2D eigenvalue weighted by molar-refractivity contribution is 6.11. The van der Waals surface area contributed by atoms with Gasteiger partial charge in [-0.1, -0.05) is 63.7 Å². The summed E-state index contributed by atoms with van der Waals surface area (Å²) < 4.78 is 7.67. The molecule has 0 bridgehead atoms. The van der Waals surface area contributed by atoms with Crippen LogP contribution in [0.3, 0.4) is 0 Å². The van der Waals surface area contributed by atoms with Gasteiger partial charge in [0.1, 0.15) is 5.75 Å². The summed E-state index contributed by atoms with van der Waals surface area (Å²) in [6.07, 6.45) is 16.7. The summed E-state index contributed by atoms with van der Waals surface area (Å²) in [6.45, 7) is 5.13. The highest BCUT2D eigenvalue weighted by atomic mass is 16.5. The van der Waals surface area contributed by atoms with Gasteiger partial charge in [-0.3, -0.25) is 14.4 Å². The van der Waals surface area contributed by atoms with Crippen LogP contribution in [0.5, 0.6) is 5.75 Å². The van der Waals surface area contributed by atoms with Gasteiger partial charge in [-0.25, -0.2) is 0 Å². The summed E-state index contributed by atoms with van der Waals surface area (Å²) in [5, 5.41) is 1.05. The molecule has 0 saturated carbocycles. The molecule has 196 valence electrons. The number of rotatable bonds is 11. The van der Waals surface area contributed by atoms with Gasteiger partial charge in [0.15, 0.2) is 5.78 Å². The minimum absolute atomic E-state index is 0.0127. The molecule has 5 nitrogen and oxygen atoms in total. The van der Waals surface area contributed by atoms with Crippen molar-refractivity contribution in [1.82, 2.24) is 9.58 Å². The zero-order valence-electron chi connectivity index (χ0n) is 22.3. The van der Waals surface area contributed by atoms with Crippen LogP contribution in [0.25, 0.3) is 16.5 Å². The lowest BCUT2D eigenvalue weighted by Gasteiger charge is -2.38. The number of ketones is 1. The van der Waals surface area contributed by atoms with Gasteiger partial charge in [-0.15, -0.1) is 0 Å². The monoisotopic (exact) mass is 499 g/mol. The van der Waals surface area contributed by atoms with Gasteiger partial charge >= 0.3 is 0 Å². The molecule has 2 aliphatic rings. The molecule has 37 heavy (non-hydrogen) atoms. The van der Waals surface area contributed by atoms with Crippen molar-refractivity contribution in [3.63, 3.8) is 0 Å². The highest BCUT2D eigenvalue weighted by Crippen LogP contribution is 2.35. The zero-order valence-corrected chi connectivity index (χ0v) is 22.3. The van der Waals surface area contributed by atoms with Crippen molar-refractivity contribution in [3.8, 4) is 5.75 Å². The van der Waals surface area contributed by atoms with E-state index in [0.29, 0.717) is 23.8 Å². The number of piperidine rings is 1. The topological polar surface area (TPSA) is 60.5 Å². The van der Waals surface area contributed by atoms with Gasteiger partial charge in [-0.2, -0.15) is 0 Å². The molecule has 0 aliphatic carbocycles. The minimum atomic E-state index is 0.0127. The molecule has 3 aromatic rings. The van der Waals surface area contributed by atoms with Crippen molar-refractivity contribution in [2.24, 2.45) is 0 Å². The molecule has 1 atom stereocenters. The predicted octanol–water partition coefficient (Wildman–Crippen LogP) is 6.97. The van der Waals surface area contributed by atoms with E-state index in [1.54, 1.807) is 4.68 Å². The van der Waals surface area contributed by atoms with Crippen LogP contribution in [0.15, 0.2) is 54.7 Å². The van der Waals surface area contributed by atoms with E-state index in [4.69, 9.17) is 10.6 Å². The SMILES string of the molecule is CCCCCCCCOc1cccc(C(=O)c2ccc3c(c2)c(C2=CCN4CCCCC4C2)cn3N)c1. The Morgan fingerprint density at radius 2 is 1.86 bits per heavy atom. The van der Waals surface area contributed by atoms with E-state index in [9.17, 15) is 4.79 Å². The number of carbonyl (C=O) groups is 1. The Bertz CT molecular complexity index is 1260. The fourth-order valence-corrected chi connectivity index (χ4v) is 5.93. The Labute approximate surface area is 221 Å². The standard InChI is InChI=1S/C32H41N3O2/c1-2-3-4-5-6-9-19-37-28-13-10-11-25(21-28)32(36)26-14-15-31-29(22-26)30(23-35(31)33)24-16-18-34-17-8-7-12-27(34)20-24/h10-11,13-16,21-23,27H,2-9,12,17-20,33H2,1H3. The fourth-order valence-electron chi connectivity index (χ4n) is 5.93. The molecule has 1 saturated heterocycles. The Hall–Kier alpha value is -3.05. The third-order valence-corrected chi connectivity index (χ3v) is 8.08. The third kappa shape index (κ3) is 5.93. The maximum Gasteiger partial charge on any atom is 0.193 e. The normalized spacial score (nSPS) is 18.0. The van der Waals surface area contributed by atoms with Crippen molar-refractivity contribution < 1.29 is 9.53 Å². The summed E-state index contributed by atoms with van der Waals surface area (Å²) in [7, 11) is 0. The van der Waals surface area contributed by atoms with Crippen LogP contribution in [-0.4, -0.2) is 41.1 Å². The van der Waals surface area contributed by atoms with Crippen LogP contribution in [0, 0.1) is 0 Å². The number of nitrogens with two attached hydrogens (primary N) is 1. The first-order chi connectivity index (χ1) is 18.1. The molecular weight excluding hydrogens is 458 g/mol. The van der Waals surface area contributed by atoms with E-state index in [-0.39, 0.29) is 5.78 Å². The van der Waals surface area contributed by atoms with E-state index >= 15 is 0 Å². The fraction of sp³-hybridized carbons (Fsp3) is 0.469. The van der Waals surface area contributed by atoms with Gasteiger partial charge < -0.3 is 10.6 Å². The quantitative estimate of drug-likeness (QED) is 0.176. The van der Waals surface area contributed by atoms with Gasteiger partial charge in [0.25, 0.3) is 0 Å². The second-order valence-corrected chi connectivity index (χ2v) is 10.7. The molecular formula is C32H41N3O2. The van der Waals surface area contributed by atoms with Crippen LogP contribution in [-0.2, 0) is 0 Å². The van der Waals surface area contributed by atoms with Crippen molar-refractivity contribution in [2.45, 2.75) is 77.2 Å². The number of nitrogen functional groups attached to an aromatic ring is 1. The molecule has 0 amide bonds. The van der Waals surface area contributed by atoms with Gasteiger partial charge in [0.2, 0.25) is 0 Å². The number of unbranched alkanes of at least 4 members (excludes halogenated alkanes) is 5. The number of hydrogen-bond acceptors (Lipinski definition) is 4. The first-order valence-corrected chi connectivity index (χ1v) is 14.2. The summed E-state index contributed by atoms with van der Waals surface area (Å²) in [5.74, 6) is 7.12. The predicted molar refractivity (Wildman–Crippen MR) is 153 cm³/mol. The minimum Gasteiger partial charge on any atom is -0.494 e. The van der Waals surface area contributed by atoms with E-state index in [0.717, 1.165) is 41.6 Å². The van der Waals surface area contributed by atoms with Crippen molar-refractivity contribution >= 4 is 22.3 Å². The van der Waals surface area contributed by atoms with Crippen molar-refractivity contribution in [1.29, 1.82) is 0 Å². The Kier molecular flexibility index (Phi) is 8.30. The third-order valence-electron chi connectivity index (χ3n) is 8.08. The molecule has 2 aromatic carbocycles. The lowest BCUT2D eigenvalue weighted by Crippen LogP contribution is -2.41. The molecule has 0 radical (unpaired) electrons. The average Bonchev–Trinajstić information content (AvgIpc) is 3.27. The Morgan fingerprint density at radius 3 is 2.76 bits per heavy atom. The molecule has 5 heteroatoms. The summed E-state index contributed by atoms with van der Waals surface area (Å²) in [4.78, 5) is 16.1.